The van der Waals surface area contributed by atoms with Gasteiger partial charge in [-0.3, -0.25) is 4.98 Å². The third-order valence-electron chi connectivity index (χ3n) is 3.17. The summed E-state index contributed by atoms with van der Waals surface area (Å²) in [7, 11) is 0. The van der Waals surface area contributed by atoms with E-state index in [0.717, 1.165) is 5.56 Å². The monoisotopic (exact) mass is 310 g/mol. The van der Waals surface area contributed by atoms with Gasteiger partial charge in [-0.15, -0.1) is 0 Å². The molecule has 0 saturated carbocycles. The van der Waals surface area contributed by atoms with Crippen LogP contribution in [0.5, 0.6) is 0 Å². The number of anilines is 1. The highest BCUT2D eigenvalue weighted by Crippen LogP contribution is 2.12. The SMILES string of the molecule is C[C@H](NC(=O)NCCNc1cnccn1)c1ccc(C#N)cc1. The summed E-state index contributed by atoms with van der Waals surface area (Å²) in [6, 6.07) is 8.80. The molecule has 0 aliphatic rings. The molecule has 0 spiro atoms. The Morgan fingerprint density at radius 1 is 1.26 bits per heavy atom. The number of rotatable bonds is 6. The lowest BCUT2D eigenvalue weighted by atomic mass is 10.1. The van der Waals surface area contributed by atoms with E-state index in [1.807, 2.05) is 19.1 Å². The van der Waals surface area contributed by atoms with Crippen molar-refractivity contribution in [2.24, 2.45) is 0 Å². The average molecular weight is 310 g/mol. The van der Waals surface area contributed by atoms with Crippen LogP contribution in [0.25, 0.3) is 0 Å². The van der Waals surface area contributed by atoms with Gasteiger partial charge in [0, 0.05) is 25.5 Å². The zero-order valence-corrected chi connectivity index (χ0v) is 12.8. The van der Waals surface area contributed by atoms with Gasteiger partial charge in [-0.25, -0.2) is 9.78 Å². The highest BCUT2D eigenvalue weighted by molar-refractivity contribution is 5.74. The van der Waals surface area contributed by atoms with E-state index in [1.54, 1.807) is 30.7 Å². The molecule has 1 atom stereocenters. The maximum atomic E-state index is 11.8. The fourth-order valence-electron chi connectivity index (χ4n) is 1.93. The van der Waals surface area contributed by atoms with Crippen molar-refractivity contribution in [2.75, 3.05) is 18.4 Å². The molecule has 118 valence electrons. The predicted molar refractivity (Wildman–Crippen MR) is 86.6 cm³/mol. The molecule has 7 nitrogen and oxygen atoms in total. The van der Waals surface area contributed by atoms with E-state index in [4.69, 9.17) is 5.26 Å². The third kappa shape index (κ3) is 5.28. The molecule has 0 fully saturated rings. The summed E-state index contributed by atoms with van der Waals surface area (Å²) in [4.78, 5) is 19.8. The quantitative estimate of drug-likeness (QED) is 0.706. The molecule has 7 heteroatoms. The summed E-state index contributed by atoms with van der Waals surface area (Å²) >= 11 is 0. The van der Waals surface area contributed by atoms with E-state index in [0.29, 0.717) is 24.5 Å². The Morgan fingerprint density at radius 3 is 2.70 bits per heavy atom. The van der Waals surface area contributed by atoms with E-state index in [-0.39, 0.29) is 12.1 Å². The zero-order valence-electron chi connectivity index (χ0n) is 12.8. The zero-order chi connectivity index (χ0) is 16.5. The van der Waals surface area contributed by atoms with Crippen molar-refractivity contribution in [1.29, 1.82) is 5.26 Å². The Balaban J connectivity index is 1.70. The largest absolute Gasteiger partial charge is 0.367 e. The second-order valence-corrected chi connectivity index (χ2v) is 4.87. The van der Waals surface area contributed by atoms with Crippen LogP contribution >= 0.6 is 0 Å². The minimum atomic E-state index is -0.247. The van der Waals surface area contributed by atoms with Gasteiger partial charge in [-0.1, -0.05) is 12.1 Å². The van der Waals surface area contributed by atoms with Crippen LogP contribution in [-0.4, -0.2) is 29.1 Å². The van der Waals surface area contributed by atoms with E-state index < -0.39 is 0 Å². The number of hydrogen-bond acceptors (Lipinski definition) is 5. The minimum absolute atomic E-state index is 0.143. The van der Waals surface area contributed by atoms with Gasteiger partial charge < -0.3 is 16.0 Å². The standard InChI is InChI=1S/C16H18N6O/c1-12(14-4-2-13(10-17)3-5-14)22-16(23)21-9-8-20-15-11-18-6-7-19-15/h2-7,11-12H,8-9H2,1H3,(H,19,20)(H2,21,22,23)/t12-/m0/s1. The molecular weight excluding hydrogens is 292 g/mol. The number of nitrogens with one attached hydrogen (secondary N) is 3. The first-order chi connectivity index (χ1) is 11.2. The fourth-order valence-corrected chi connectivity index (χ4v) is 1.93. The molecule has 1 aromatic heterocycles. The smallest absolute Gasteiger partial charge is 0.315 e. The first kappa shape index (κ1) is 16.2. The molecule has 2 rings (SSSR count). The van der Waals surface area contributed by atoms with E-state index >= 15 is 0 Å². The van der Waals surface area contributed by atoms with Gasteiger partial charge in [-0.05, 0) is 24.6 Å². The van der Waals surface area contributed by atoms with Crippen LogP contribution in [0.2, 0.25) is 0 Å². The van der Waals surface area contributed by atoms with Gasteiger partial charge in [0.2, 0.25) is 0 Å². The normalized spacial score (nSPS) is 11.1. The van der Waals surface area contributed by atoms with Crippen LogP contribution in [0.1, 0.15) is 24.1 Å². The summed E-state index contributed by atoms with van der Waals surface area (Å²) in [6.07, 6.45) is 4.82. The molecule has 0 aliphatic heterocycles. The highest BCUT2D eigenvalue weighted by Gasteiger charge is 2.08. The van der Waals surface area contributed by atoms with E-state index in [1.165, 1.54) is 0 Å². The van der Waals surface area contributed by atoms with E-state index in [9.17, 15) is 4.79 Å². The van der Waals surface area contributed by atoms with Crippen LogP contribution in [-0.2, 0) is 0 Å². The van der Waals surface area contributed by atoms with Crippen molar-refractivity contribution in [3.05, 3.63) is 54.0 Å². The number of aromatic nitrogens is 2. The summed E-state index contributed by atoms with van der Waals surface area (Å²) in [5.74, 6) is 0.667. The van der Waals surface area contributed by atoms with Crippen molar-refractivity contribution >= 4 is 11.8 Å². The Bertz CT molecular complexity index is 665. The number of nitrogens with zero attached hydrogens (tertiary/aromatic N) is 3. The third-order valence-corrected chi connectivity index (χ3v) is 3.17. The summed E-state index contributed by atoms with van der Waals surface area (Å²) in [5.41, 5.74) is 1.54. The van der Waals surface area contributed by atoms with Gasteiger partial charge in [0.25, 0.3) is 0 Å². The minimum Gasteiger partial charge on any atom is -0.367 e. The van der Waals surface area contributed by atoms with Crippen LogP contribution < -0.4 is 16.0 Å². The van der Waals surface area contributed by atoms with E-state index in [2.05, 4.69) is 32.0 Å². The fraction of sp³-hybridized carbons (Fsp3) is 0.250. The van der Waals surface area contributed by atoms with Gasteiger partial charge in [0.05, 0.1) is 23.9 Å². The van der Waals surface area contributed by atoms with Crippen molar-refractivity contribution < 1.29 is 4.79 Å². The molecular formula is C16H18N6O. The predicted octanol–water partition coefficient (Wildman–Crippen LogP) is 1.82. The lowest BCUT2D eigenvalue weighted by Crippen LogP contribution is -2.39. The van der Waals surface area contributed by atoms with Crippen LogP contribution in [0.3, 0.4) is 0 Å². The van der Waals surface area contributed by atoms with Crippen LogP contribution in [0, 0.1) is 11.3 Å². The molecule has 23 heavy (non-hydrogen) atoms. The molecule has 1 aromatic carbocycles. The van der Waals surface area contributed by atoms with Crippen molar-refractivity contribution in [1.82, 2.24) is 20.6 Å². The molecule has 0 unspecified atom stereocenters. The lowest BCUT2D eigenvalue weighted by molar-refractivity contribution is 0.238. The number of carbonyl (C=O) groups is 1. The number of hydrogen-bond donors (Lipinski definition) is 3. The Morgan fingerprint density at radius 2 is 2.04 bits per heavy atom. The summed E-state index contributed by atoms with van der Waals surface area (Å²) in [5, 5.41) is 17.4. The molecule has 3 N–H and O–H groups in total. The molecule has 2 amide bonds. The number of benzene rings is 1. The lowest BCUT2D eigenvalue weighted by Gasteiger charge is -2.15. The number of nitriles is 1. The first-order valence-corrected chi connectivity index (χ1v) is 7.23. The van der Waals surface area contributed by atoms with Gasteiger partial charge in [0.1, 0.15) is 5.82 Å². The van der Waals surface area contributed by atoms with Gasteiger partial charge >= 0.3 is 6.03 Å². The van der Waals surface area contributed by atoms with Gasteiger partial charge in [0.15, 0.2) is 0 Å². The second kappa shape index (κ2) is 8.34. The number of carbonyl (C=O) groups excluding carboxylic acids is 1. The summed E-state index contributed by atoms with van der Waals surface area (Å²) < 4.78 is 0. The summed E-state index contributed by atoms with van der Waals surface area (Å²) in [6.45, 7) is 2.90. The molecule has 0 aliphatic carbocycles. The average Bonchev–Trinajstić information content (AvgIpc) is 2.59. The first-order valence-electron chi connectivity index (χ1n) is 7.23. The number of amides is 2. The van der Waals surface area contributed by atoms with Crippen LogP contribution in [0.4, 0.5) is 10.6 Å². The Hall–Kier alpha value is -3.14. The Labute approximate surface area is 134 Å². The van der Waals surface area contributed by atoms with Crippen molar-refractivity contribution in [2.45, 2.75) is 13.0 Å². The topological polar surface area (TPSA) is 103 Å². The maximum absolute atomic E-state index is 11.8. The molecule has 0 bridgehead atoms. The van der Waals surface area contributed by atoms with Crippen molar-refractivity contribution in [3.8, 4) is 6.07 Å². The second-order valence-electron chi connectivity index (χ2n) is 4.87. The molecule has 0 radical (unpaired) electrons. The van der Waals surface area contributed by atoms with Crippen molar-refractivity contribution in [3.63, 3.8) is 0 Å². The van der Waals surface area contributed by atoms with Gasteiger partial charge in [-0.2, -0.15) is 5.26 Å². The number of urea groups is 1. The Kier molecular flexibility index (Phi) is 5.89. The molecule has 1 heterocycles. The maximum Gasteiger partial charge on any atom is 0.315 e. The molecule has 0 saturated heterocycles. The highest BCUT2D eigenvalue weighted by atomic mass is 16.2. The molecule has 2 aromatic rings. The van der Waals surface area contributed by atoms with Crippen LogP contribution in [0.15, 0.2) is 42.9 Å².